The summed E-state index contributed by atoms with van der Waals surface area (Å²) in [6.45, 7) is 0.925. The molecule has 25 heavy (non-hydrogen) atoms. The van der Waals surface area contributed by atoms with Crippen LogP contribution in [0.5, 0.6) is 11.5 Å². The first-order valence-corrected chi connectivity index (χ1v) is 8.65. The minimum Gasteiger partial charge on any atom is -0.493 e. The second-order valence-electron chi connectivity index (χ2n) is 7.40. The number of benzene rings is 1. The molecule has 1 aromatic rings. The van der Waals surface area contributed by atoms with Gasteiger partial charge in [0.1, 0.15) is 0 Å². The third-order valence-electron chi connectivity index (χ3n) is 6.55. The average Bonchev–Trinajstić information content (AvgIpc) is 2.96. The number of methoxy groups -OCH3 is 1. The number of nitrogens with one attached hydrogen (secondary N) is 1. The molecule has 1 amide bonds. The van der Waals surface area contributed by atoms with E-state index in [0.29, 0.717) is 24.0 Å². The molecule has 1 aromatic carbocycles. The first kappa shape index (κ1) is 15.0. The van der Waals surface area contributed by atoms with Gasteiger partial charge in [0.05, 0.1) is 12.5 Å². The quantitative estimate of drug-likeness (QED) is 0.840. The van der Waals surface area contributed by atoms with E-state index < -0.39 is 6.10 Å². The number of hydrogen-bond donors (Lipinski definition) is 1. The molecule has 2 aliphatic heterocycles. The monoisotopic (exact) mass is 340 g/mol. The molecule has 0 unspecified atom stereocenters. The van der Waals surface area contributed by atoms with E-state index in [1.807, 2.05) is 6.07 Å². The lowest BCUT2D eigenvalue weighted by atomic mass is 9.53. The highest BCUT2D eigenvalue weighted by Gasteiger charge is 2.64. The Morgan fingerprint density at radius 1 is 1.48 bits per heavy atom. The second-order valence-corrected chi connectivity index (χ2v) is 7.40. The van der Waals surface area contributed by atoms with E-state index in [9.17, 15) is 9.59 Å². The number of anilines is 1. The number of likely N-dealkylation sites (tertiary alicyclic amines) is 1. The molecule has 2 bridgehead atoms. The van der Waals surface area contributed by atoms with Crippen molar-refractivity contribution in [2.45, 2.75) is 30.4 Å². The number of ketones is 1. The van der Waals surface area contributed by atoms with Crippen LogP contribution in [0.15, 0.2) is 18.2 Å². The molecule has 1 saturated heterocycles. The fourth-order valence-electron chi connectivity index (χ4n) is 5.50. The van der Waals surface area contributed by atoms with Gasteiger partial charge in [-0.25, -0.2) is 0 Å². The molecule has 6 heteroatoms. The van der Waals surface area contributed by atoms with E-state index >= 15 is 0 Å². The molecule has 130 valence electrons. The molecule has 5 rings (SSSR count). The lowest BCUT2D eigenvalue weighted by Gasteiger charge is -2.55. The van der Waals surface area contributed by atoms with Crippen LogP contribution in [0.25, 0.3) is 0 Å². The van der Waals surface area contributed by atoms with Crippen molar-refractivity contribution in [2.24, 2.45) is 5.92 Å². The topological polar surface area (TPSA) is 67.9 Å². The Labute approximate surface area is 145 Å². The zero-order chi connectivity index (χ0) is 17.3. The van der Waals surface area contributed by atoms with Gasteiger partial charge in [0.15, 0.2) is 23.4 Å². The predicted molar refractivity (Wildman–Crippen MR) is 91.2 cm³/mol. The Balaban J connectivity index is 1.85. The zero-order valence-electron chi connectivity index (χ0n) is 14.2. The van der Waals surface area contributed by atoms with Gasteiger partial charge in [-0.15, -0.1) is 0 Å². The molecule has 1 spiro atoms. The van der Waals surface area contributed by atoms with Gasteiger partial charge in [-0.2, -0.15) is 0 Å². The highest BCUT2D eigenvalue weighted by molar-refractivity contribution is 5.98. The smallest absolute Gasteiger partial charge is 0.211 e. The van der Waals surface area contributed by atoms with E-state index in [2.05, 4.69) is 23.3 Å². The van der Waals surface area contributed by atoms with Gasteiger partial charge in [-0.05, 0) is 38.1 Å². The second kappa shape index (κ2) is 4.85. The summed E-state index contributed by atoms with van der Waals surface area (Å²) in [6, 6.07) is 2.10. The molecular weight excluding hydrogens is 320 g/mol. The zero-order valence-corrected chi connectivity index (χ0v) is 14.2. The third kappa shape index (κ3) is 1.63. The molecule has 0 radical (unpaired) electrons. The number of nitrogens with zero attached hydrogens (tertiary/aromatic N) is 1. The summed E-state index contributed by atoms with van der Waals surface area (Å²) in [7, 11) is 3.72. The van der Waals surface area contributed by atoms with Gasteiger partial charge in [0.2, 0.25) is 6.41 Å². The summed E-state index contributed by atoms with van der Waals surface area (Å²) < 4.78 is 11.8. The van der Waals surface area contributed by atoms with Crippen molar-refractivity contribution in [2.75, 3.05) is 26.0 Å². The maximum atomic E-state index is 12.7. The van der Waals surface area contributed by atoms with E-state index in [0.717, 1.165) is 36.2 Å². The van der Waals surface area contributed by atoms with Crippen LogP contribution in [-0.4, -0.2) is 49.9 Å². The normalized spacial score (nSPS) is 34.3. The highest BCUT2D eigenvalue weighted by Crippen LogP contribution is 2.63. The summed E-state index contributed by atoms with van der Waals surface area (Å²) in [6.07, 6.45) is 5.65. The SMILES string of the molecule is COc1cc(NC=O)c2c3c1O[C@H]1C(=O)C=C[C@H]4[C@@H](C2)N(C)CC[C@]314. The van der Waals surface area contributed by atoms with Crippen molar-refractivity contribution in [3.63, 3.8) is 0 Å². The molecule has 0 aromatic heterocycles. The van der Waals surface area contributed by atoms with Gasteiger partial charge < -0.3 is 19.7 Å². The average molecular weight is 340 g/mol. The molecular formula is C19H20N2O4. The summed E-state index contributed by atoms with van der Waals surface area (Å²) in [5, 5.41) is 2.83. The van der Waals surface area contributed by atoms with Crippen molar-refractivity contribution in [3.05, 3.63) is 29.3 Å². The fourth-order valence-corrected chi connectivity index (χ4v) is 5.50. The number of ether oxygens (including phenoxy) is 2. The number of carbonyl (C=O) groups is 2. The highest BCUT2D eigenvalue weighted by atomic mass is 16.5. The Bertz CT molecular complexity index is 833. The third-order valence-corrected chi connectivity index (χ3v) is 6.55. The Morgan fingerprint density at radius 3 is 3.08 bits per heavy atom. The largest absolute Gasteiger partial charge is 0.493 e. The van der Waals surface area contributed by atoms with Crippen LogP contribution in [-0.2, 0) is 21.4 Å². The summed E-state index contributed by atoms with van der Waals surface area (Å²) in [4.78, 5) is 26.2. The number of carbonyl (C=O) groups excluding carboxylic acids is 2. The van der Waals surface area contributed by atoms with Crippen molar-refractivity contribution >= 4 is 17.9 Å². The molecule has 4 atom stereocenters. The Morgan fingerprint density at radius 2 is 2.32 bits per heavy atom. The van der Waals surface area contributed by atoms with Gasteiger partial charge in [-0.1, -0.05) is 6.08 Å². The summed E-state index contributed by atoms with van der Waals surface area (Å²) >= 11 is 0. The standard InChI is InChI=1S/C19H20N2O4/c1-21-6-5-19-11-3-4-14(23)18(19)25-17-15(24-2)8-12(20-9-22)10(16(17)19)7-13(11)21/h3-4,8-9,11,13,18H,5-7H2,1-2H3,(H,20,22)/t11-,13+,18-,19-/m0/s1. The van der Waals surface area contributed by atoms with Gasteiger partial charge in [0, 0.05) is 29.3 Å². The summed E-state index contributed by atoms with van der Waals surface area (Å²) in [5.74, 6) is 1.52. The van der Waals surface area contributed by atoms with Crippen molar-refractivity contribution in [1.29, 1.82) is 0 Å². The van der Waals surface area contributed by atoms with Crippen LogP contribution in [0, 0.1) is 5.92 Å². The van der Waals surface area contributed by atoms with E-state index in [4.69, 9.17) is 9.47 Å². The molecule has 0 saturated carbocycles. The maximum Gasteiger partial charge on any atom is 0.211 e. The number of amides is 1. The van der Waals surface area contributed by atoms with E-state index in [-0.39, 0.29) is 17.1 Å². The van der Waals surface area contributed by atoms with Crippen LogP contribution >= 0.6 is 0 Å². The molecule has 2 heterocycles. The van der Waals surface area contributed by atoms with Crippen molar-refractivity contribution < 1.29 is 19.1 Å². The van der Waals surface area contributed by atoms with Crippen molar-refractivity contribution in [3.8, 4) is 11.5 Å². The van der Waals surface area contributed by atoms with Crippen LogP contribution in [0.4, 0.5) is 5.69 Å². The first-order valence-electron chi connectivity index (χ1n) is 8.65. The Hall–Kier alpha value is -2.34. The van der Waals surface area contributed by atoms with Crippen LogP contribution < -0.4 is 14.8 Å². The number of likely N-dealkylation sites (N-methyl/N-ethyl adjacent to an activating group) is 1. The lowest BCUT2D eigenvalue weighted by Crippen LogP contribution is -2.64. The van der Waals surface area contributed by atoms with Crippen molar-refractivity contribution in [1.82, 2.24) is 4.90 Å². The molecule has 6 nitrogen and oxygen atoms in total. The van der Waals surface area contributed by atoms with E-state index in [1.54, 1.807) is 13.2 Å². The van der Waals surface area contributed by atoms with Gasteiger partial charge in [0.25, 0.3) is 0 Å². The fraction of sp³-hybridized carbons (Fsp3) is 0.474. The Kier molecular flexibility index (Phi) is 2.90. The van der Waals surface area contributed by atoms with Gasteiger partial charge >= 0.3 is 0 Å². The van der Waals surface area contributed by atoms with Gasteiger partial charge in [-0.3, -0.25) is 9.59 Å². The number of rotatable bonds is 3. The molecule has 1 fully saturated rings. The lowest BCUT2D eigenvalue weighted by molar-refractivity contribution is -0.127. The van der Waals surface area contributed by atoms with E-state index in [1.165, 1.54) is 0 Å². The van der Waals surface area contributed by atoms with Crippen LogP contribution in [0.1, 0.15) is 17.5 Å². The number of hydrogen-bond acceptors (Lipinski definition) is 5. The number of piperidine rings is 1. The first-order chi connectivity index (χ1) is 12.1. The predicted octanol–water partition coefficient (Wildman–Crippen LogP) is 1.28. The van der Waals surface area contributed by atoms with Crippen LogP contribution in [0.3, 0.4) is 0 Å². The molecule has 4 aliphatic rings. The molecule has 1 N–H and O–H groups in total. The minimum absolute atomic E-state index is 0.0237. The summed E-state index contributed by atoms with van der Waals surface area (Å²) in [5.41, 5.74) is 2.57. The minimum atomic E-state index is -0.492. The maximum absolute atomic E-state index is 12.7. The molecule has 2 aliphatic carbocycles. The van der Waals surface area contributed by atoms with Crippen LogP contribution in [0.2, 0.25) is 0 Å².